The Morgan fingerprint density at radius 3 is 2.03 bits per heavy atom. The van der Waals surface area contributed by atoms with Crippen LogP contribution in [0, 0.1) is 0 Å². The van der Waals surface area contributed by atoms with Crippen LogP contribution in [0.25, 0.3) is 20.8 Å². The van der Waals surface area contributed by atoms with Crippen LogP contribution in [0.15, 0.2) is 109 Å². The number of hydrogen-bond donors (Lipinski definition) is 2. The fraction of sp³-hybridized carbons (Fsp3) is 0.0690. The van der Waals surface area contributed by atoms with Crippen LogP contribution in [0.5, 0.6) is 0 Å². The number of carbonyl (C=O) groups is 1. The minimum absolute atomic E-state index is 0.161. The first-order valence-electron chi connectivity index (χ1n) is 11.3. The molecule has 1 aromatic heterocycles. The number of hydrogen-bond acceptors (Lipinski definition) is 4. The second-order valence-electron chi connectivity index (χ2n) is 8.11. The van der Waals surface area contributed by atoms with Crippen molar-refractivity contribution in [2.24, 2.45) is 0 Å². The van der Waals surface area contributed by atoms with Gasteiger partial charge in [-0.3, -0.25) is 4.79 Å². The van der Waals surface area contributed by atoms with E-state index in [0.717, 1.165) is 32.8 Å². The normalized spacial score (nSPS) is 10.9. The molecule has 172 valence electrons. The van der Waals surface area contributed by atoms with E-state index < -0.39 is 5.92 Å². The largest absolute Gasteiger partial charge is 0.358 e. The van der Waals surface area contributed by atoms with Gasteiger partial charge in [-0.05, 0) is 41.0 Å². The van der Waals surface area contributed by atoms with Gasteiger partial charge in [0.2, 0.25) is 5.91 Å². The SMILES string of the molecule is O=C(NC(=S)NCc1ccc(-c2nc3ccccc3s2)cc1)C(c1ccccc1)c1ccccc1. The highest BCUT2D eigenvalue weighted by Gasteiger charge is 2.23. The number of carbonyl (C=O) groups excluding carboxylic acids is 1. The number of thiazole rings is 1. The lowest BCUT2D eigenvalue weighted by molar-refractivity contribution is -0.120. The zero-order valence-corrected chi connectivity index (χ0v) is 20.5. The summed E-state index contributed by atoms with van der Waals surface area (Å²) in [5.41, 5.74) is 5.01. The first-order valence-corrected chi connectivity index (χ1v) is 12.5. The average Bonchev–Trinajstić information content (AvgIpc) is 3.34. The van der Waals surface area contributed by atoms with Gasteiger partial charge in [0.05, 0.1) is 16.1 Å². The van der Waals surface area contributed by atoms with Crippen molar-refractivity contribution in [3.05, 3.63) is 126 Å². The maximum atomic E-state index is 13.2. The van der Waals surface area contributed by atoms with Gasteiger partial charge in [-0.15, -0.1) is 11.3 Å². The fourth-order valence-corrected chi connectivity index (χ4v) is 5.10. The third kappa shape index (κ3) is 5.45. The van der Waals surface area contributed by atoms with Crippen LogP contribution >= 0.6 is 23.6 Å². The molecule has 0 spiro atoms. The van der Waals surface area contributed by atoms with Crippen LogP contribution in [-0.4, -0.2) is 16.0 Å². The number of para-hydroxylation sites is 1. The van der Waals surface area contributed by atoms with Crippen molar-refractivity contribution in [2.75, 3.05) is 0 Å². The van der Waals surface area contributed by atoms with Crippen molar-refractivity contribution in [3.63, 3.8) is 0 Å². The predicted octanol–water partition coefficient (Wildman–Crippen LogP) is 6.29. The molecule has 0 radical (unpaired) electrons. The average molecular weight is 494 g/mol. The quantitative estimate of drug-likeness (QED) is 0.273. The monoisotopic (exact) mass is 493 g/mol. The molecule has 35 heavy (non-hydrogen) atoms. The summed E-state index contributed by atoms with van der Waals surface area (Å²) in [5, 5.41) is 7.34. The molecule has 5 rings (SSSR count). The van der Waals surface area contributed by atoms with Crippen molar-refractivity contribution in [1.82, 2.24) is 15.6 Å². The van der Waals surface area contributed by atoms with Gasteiger partial charge in [0, 0.05) is 12.1 Å². The van der Waals surface area contributed by atoms with E-state index in [4.69, 9.17) is 17.2 Å². The molecule has 6 heteroatoms. The number of rotatable bonds is 6. The highest BCUT2D eigenvalue weighted by Crippen LogP contribution is 2.30. The van der Waals surface area contributed by atoms with E-state index in [1.807, 2.05) is 78.9 Å². The topological polar surface area (TPSA) is 54.0 Å². The summed E-state index contributed by atoms with van der Waals surface area (Å²) >= 11 is 7.12. The highest BCUT2D eigenvalue weighted by molar-refractivity contribution is 7.80. The third-order valence-corrected chi connectivity index (χ3v) is 7.04. The van der Waals surface area contributed by atoms with Crippen LogP contribution in [0.3, 0.4) is 0 Å². The summed E-state index contributed by atoms with van der Waals surface area (Å²) in [6, 6.07) is 35.9. The maximum Gasteiger partial charge on any atom is 0.238 e. The number of benzene rings is 4. The van der Waals surface area contributed by atoms with Crippen molar-refractivity contribution in [1.29, 1.82) is 0 Å². The molecular weight excluding hydrogens is 470 g/mol. The van der Waals surface area contributed by atoms with Crippen LogP contribution in [0.1, 0.15) is 22.6 Å². The number of thiocarbonyl (C=S) groups is 1. The van der Waals surface area contributed by atoms with E-state index in [9.17, 15) is 4.79 Å². The molecule has 0 fully saturated rings. The summed E-state index contributed by atoms with van der Waals surface area (Å²) in [4.78, 5) is 17.9. The Hall–Kier alpha value is -3.87. The van der Waals surface area contributed by atoms with Gasteiger partial charge in [-0.25, -0.2) is 4.98 Å². The molecule has 0 bridgehead atoms. The summed E-state index contributed by atoms with van der Waals surface area (Å²) in [6.07, 6.45) is 0. The molecule has 1 heterocycles. The minimum Gasteiger partial charge on any atom is -0.358 e. The molecule has 0 atom stereocenters. The molecule has 0 saturated heterocycles. The second kappa shape index (κ2) is 10.6. The Balaban J connectivity index is 1.22. The summed E-state index contributed by atoms with van der Waals surface area (Å²) < 4.78 is 1.18. The molecule has 0 aliphatic carbocycles. The van der Waals surface area contributed by atoms with Crippen LogP contribution in [0.2, 0.25) is 0 Å². The third-order valence-electron chi connectivity index (χ3n) is 5.71. The Morgan fingerprint density at radius 1 is 0.800 bits per heavy atom. The number of aromatic nitrogens is 1. The molecule has 0 saturated carbocycles. The lowest BCUT2D eigenvalue weighted by Gasteiger charge is -2.18. The van der Waals surface area contributed by atoms with Crippen LogP contribution < -0.4 is 10.6 Å². The maximum absolute atomic E-state index is 13.2. The van der Waals surface area contributed by atoms with Gasteiger partial charge >= 0.3 is 0 Å². The van der Waals surface area contributed by atoms with Crippen molar-refractivity contribution in [2.45, 2.75) is 12.5 Å². The van der Waals surface area contributed by atoms with E-state index in [1.54, 1.807) is 11.3 Å². The number of nitrogens with zero attached hydrogens (tertiary/aromatic N) is 1. The molecule has 0 unspecified atom stereocenters. The fourth-order valence-electron chi connectivity index (χ4n) is 3.96. The Kier molecular flexibility index (Phi) is 6.93. The Morgan fingerprint density at radius 2 is 1.40 bits per heavy atom. The van der Waals surface area contributed by atoms with Gasteiger partial charge < -0.3 is 10.6 Å². The van der Waals surface area contributed by atoms with E-state index in [2.05, 4.69) is 41.0 Å². The smallest absolute Gasteiger partial charge is 0.238 e. The van der Waals surface area contributed by atoms with Crippen molar-refractivity contribution >= 4 is 44.8 Å². The van der Waals surface area contributed by atoms with Gasteiger partial charge in [-0.1, -0.05) is 97.1 Å². The number of fused-ring (bicyclic) bond motifs is 1. The Labute approximate surface area is 213 Å². The molecule has 2 N–H and O–H groups in total. The van der Waals surface area contributed by atoms with E-state index in [-0.39, 0.29) is 5.91 Å². The van der Waals surface area contributed by atoms with Gasteiger partial charge in [0.15, 0.2) is 5.11 Å². The molecule has 0 aliphatic rings. The van der Waals surface area contributed by atoms with Crippen molar-refractivity contribution < 1.29 is 4.79 Å². The van der Waals surface area contributed by atoms with E-state index in [1.165, 1.54) is 4.70 Å². The van der Waals surface area contributed by atoms with Gasteiger partial charge in [0.25, 0.3) is 0 Å². The molecule has 0 aliphatic heterocycles. The second-order valence-corrected chi connectivity index (χ2v) is 9.55. The standard InChI is InChI=1S/C29H23N3OS2/c33-27(26(21-9-3-1-4-10-21)22-11-5-2-6-12-22)32-29(34)30-19-20-15-17-23(18-16-20)28-31-24-13-7-8-14-25(24)35-28/h1-18,26H,19H2,(H2,30,32,33,34). The predicted molar refractivity (Wildman–Crippen MR) is 147 cm³/mol. The minimum atomic E-state index is -0.440. The summed E-state index contributed by atoms with van der Waals surface area (Å²) in [6.45, 7) is 0.514. The summed E-state index contributed by atoms with van der Waals surface area (Å²) in [7, 11) is 0. The first kappa shape index (κ1) is 22.9. The summed E-state index contributed by atoms with van der Waals surface area (Å²) in [5.74, 6) is -0.601. The molecular formula is C29H23N3OS2. The highest BCUT2D eigenvalue weighted by atomic mass is 32.1. The van der Waals surface area contributed by atoms with Gasteiger partial charge in [-0.2, -0.15) is 0 Å². The van der Waals surface area contributed by atoms with Gasteiger partial charge in [0.1, 0.15) is 5.01 Å². The lowest BCUT2D eigenvalue weighted by atomic mass is 9.90. The molecule has 4 aromatic carbocycles. The van der Waals surface area contributed by atoms with E-state index >= 15 is 0 Å². The van der Waals surface area contributed by atoms with Crippen LogP contribution in [0.4, 0.5) is 0 Å². The van der Waals surface area contributed by atoms with Crippen LogP contribution in [-0.2, 0) is 11.3 Å². The number of amides is 1. The van der Waals surface area contributed by atoms with E-state index in [0.29, 0.717) is 11.7 Å². The van der Waals surface area contributed by atoms with Crippen molar-refractivity contribution in [3.8, 4) is 10.6 Å². The molecule has 4 nitrogen and oxygen atoms in total. The zero-order chi connectivity index (χ0) is 24.0. The number of nitrogens with one attached hydrogen (secondary N) is 2. The molecule has 5 aromatic rings. The first-order chi connectivity index (χ1) is 17.2. The zero-order valence-electron chi connectivity index (χ0n) is 18.8. The Bertz CT molecular complexity index is 1380. The lowest BCUT2D eigenvalue weighted by Crippen LogP contribution is -2.41. The molecule has 1 amide bonds.